The largest absolute Gasteiger partial charge is 0.371 e. The molecule has 0 bridgehead atoms. The molecule has 1 fully saturated rings. The van der Waals surface area contributed by atoms with Crippen molar-refractivity contribution in [3.63, 3.8) is 0 Å². The third-order valence-electron chi connectivity index (χ3n) is 2.51. The van der Waals surface area contributed by atoms with Gasteiger partial charge in [0, 0.05) is 18.1 Å². The molecule has 3 heteroatoms. The van der Waals surface area contributed by atoms with E-state index in [2.05, 4.69) is 11.9 Å². The van der Waals surface area contributed by atoms with Gasteiger partial charge >= 0.3 is 0 Å². The predicted octanol–water partition coefficient (Wildman–Crippen LogP) is 2.34. The van der Waals surface area contributed by atoms with Gasteiger partial charge in [-0.2, -0.15) is 0 Å². The summed E-state index contributed by atoms with van der Waals surface area (Å²) in [6.07, 6.45) is 0.200. The first-order valence-electron chi connectivity index (χ1n) is 4.81. The van der Waals surface area contributed by atoms with E-state index in [9.17, 15) is 0 Å². The van der Waals surface area contributed by atoms with Crippen molar-refractivity contribution in [3.8, 4) is 0 Å². The summed E-state index contributed by atoms with van der Waals surface area (Å²) < 4.78 is 5.69. The average Bonchev–Trinajstić information content (AvgIpc) is 2.19. The molecule has 2 nitrogen and oxygen atoms in total. The second-order valence-electron chi connectivity index (χ2n) is 3.67. The van der Waals surface area contributed by atoms with E-state index in [1.807, 2.05) is 24.3 Å². The number of benzene rings is 1. The fourth-order valence-electron chi connectivity index (χ4n) is 1.66. The van der Waals surface area contributed by atoms with E-state index in [0.717, 1.165) is 24.7 Å². The maximum atomic E-state index is 5.83. The summed E-state index contributed by atoms with van der Waals surface area (Å²) >= 11 is 5.83. The zero-order valence-electron chi connectivity index (χ0n) is 8.24. The maximum Gasteiger partial charge on any atom is 0.0952 e. The molecule has 2 rings (SSSR count). The predicted molar refractivity (Wildman–Crippen MR) is 57.6 cm³/mol. The van der Waals surface area contributed by atoms with Crippen LogP contribution in [-0.2, 0) is 4.74 Å². The summed E-state index contributed by atoms with van der Waals surface area (Å²) in [5.74, 6) is 0. The number of halogens is 1. The molecule has 1 heterocycles. The summed E-state index contributed by atoms with van der Waals surface area (Å²) in [6, 6.07) is 7.89. The van der Waals surface area contributed by atoms with Crippen molar-refractivity contribution in [1.29, 1.82) is 0 Å². The lowest BCUT2D eigenvalue weighted by molar-refractivity contribution is -0.0208. The van der Waals surface area contributed by atoms with Crippen molar-refractivity contribution >= 4 is 11.6 Å². The monoisotopic (exact) mass is 211 g/mol. The Morgan fingerprint density at radius 1 is 1.36 bits per heavy atom. The van der Waals surface area contributed by atoms with Crippen LogP contribution >= 0.6 is 11.6 Å². The van der Waals surface area contributed by atoms with Crippen molar-refractivity contribution in [2.24, 2.45) is 0 Å². The van der Waals surface area contributed by atoms with E-state index in [4.69, 9.17) is 16.3 Å². The Labute approximate surface area is 89.4 Å². The summed E-state index contributed by atoms with van der Waals surface area (Å²) in [6.45, 7) is 2.79. The fourth-order valence-corrected chi connectivity index (χ4v) is 1.78. The van der Waals surface area contributed by atoms with E-state index >= 15 is 0 Å². The quantitative estimate of drug-likeness (QED) is 0.707. The highest BCUT2D eigenvalue weighted by Crippen LogP contribution is 2.22. The zero-order valence-corrected chi connectivity index (χ0v) is 9.00. The van der Waals surface area contributed by atoms with E-state index in [0.29, 0.717) is 0 Å². The van der Waals surface area contributed by atoms with Gasteiger partial charge in [0.1, 0.15) is 0 Å². The van der Waals surface area contributed by atoms with Crippen LogP contribution in [0.1, 0.15) is 11.7 Å². The van der Waals surface area contributed by atoms with Gasteiger partial charge in [-0.05, 0) is 24.7 Å². The van der Waals surface area contributed by atoms with Gasteiger partial charge in [0.2, 0.25) is 0 Å². The summed E-state index contributed by atoms with van der Waals surface area (Å²) in [4.78, 5) is 2.28. The molecule has 1 atom stereocenters. The van der Waals surface area contributed by atoms with Crippen LogP contribution in [0, 0.1) is 0 Å². The second-order valence-corrected chi connectivity index (χ2v) is 4.11. The lowest BCUT2D eigenvalue weighted by atomic mass is 10.1. The van der Waals surface area contributed by atoms with E-state index in [-0.39, 0.29) is 6.10 Å². The van der Waals surface area contributed by atoms with Crippen LogP contribution in [0.2, 0.25) is 5.02 Å². The molecule has 0 aliphatic carbocycles. The van der Waals surface area contributed by atoms with E-state index in [1.165, 1.54) is 5.56 Å². The minimum Gasteiger partial charge on any atom is -0.371 e. The van der Waals surface area contributed by atoms with Gasteiger partial charge in [-0.25, -0.2) is 0 Å². The number of nitrogens with zero attached hydrogens (tertiary/aromatic N) is 1. The van der Waals surface area contributed by atoms with Gasteiger partial charge in [-0.1, -0.05) is 23.7 Å². The van der Waals surface area contributed by atoms with Crippen LogP contribution < -0.4 is 0 Å². The average molecular weight is 212 g/mol. The number of ether oxygens (including phenoxy) is 1. The molecule has 1 aromatic rings. The Hall–Kier alpha value is -0.570. The molecule has 1 saturated heterocycles. The molecule has 0 radical (unpaired) electrons. The van der Waals surface area contributed by atoms with E-state index in [1.54, 1.807) is 0 Å². The summed E-state index contributed by atoms with van der Waals surface area (Å²) in [5.41, 5.74) is 1.21. The van der Waals surface area contributed by atoms with Crippen LogP contribution in [0.5, 0.6) is 0 Å². The van der Waals surface area contributed by atoms with Gasteiger partial charge < -0.3 is 9.64 Å². The number of hydrogen-bond donors (Lipinski definition) is 0. The van der Waals surface area contributed by atoms with Gasteiger partial charge in [0.15, 0.2) is 0 Å². The Morgan fingerprint density at radius 2 is 2.07 bits per heavy atom. The topological polar surface area (TPSA) is 12.5 Å². The molecule has 1 aromatic carbocycles. The highest BCUT2D eigenvalue weighted by atomic mass is 35.5. The number of morpholine rings is 1. The minimum absolute atomic E-state index is 0.200. The number of hydrogen-bond acceptors (Lipinski definition) is 2. The Morgan fingerprint density at radius 3 is 2.71 bits per heavy atom. The molecular weight excluding hydrogens is 198 g/mol. The SMILES string of the molecule is CN1CCO[C@@H](c2ccc(Cl)cc2)C1. The molecule has 0 unspecified atom stereocenters. The fraction of sp³-hybridized carbons (Fsp3) is 0.455. The Kier molecular flexibility index (Phi) is 3.06. The van der Waals surface area contributed by atoms with Crippen LogP contribution in [0.4, 0.5) is 0 Å². The summed E-state index contributed by atoms with van der Waals surface area (Å²) in [5, 5.41) is 0.776. The zero-order chi connectivity index (χ0) is 9.97. The highest BCUT2D eigenvalue weighted by Gasteiger charge is 2.18. The van der Waals surface area contributed by atoms with Gasteiger partial charge in [-0.3, -0.25) is 0 Å². The van der Waals surface area contributed by atoms with Crippen molar-refractivity contribution < 1.29 is 4.74 Å². The van der Waals surface area contributed by atoms with Crippen LogP contribution in [0.3, 0.4) is 0 Å². The normalized spacial score (nSPS) is 23.7. The smallest absolute Gasteiger partial charge is 0.0952 e. The third kappa shape index (κ3) is 2.27. The van der Waals surface area contributed by atoms with Gasteiger partial charge in [-0.15, -0.1) is 0 Å². The van der Waals surface area contributed by atoms with Gasteiger partial charge in [0.05, 0.1) is 12.7 Å². The van der Waals surface area contributed by atoms with Crippen molar-refractivity contribution in [2.45, 2.75) is 6.10 Å². The molecule has 14 heavy (non-hydrogen) atoms. The molecular formula is C11H14ClNO. The van der Waals surface area contributed by atoms with E-state index < -0.39 is 0 Å². The molecule has 1 aliphatic heterocycles. The van der Waals surface area contributed by atoms with Crippen LogP contribution in [0.25, 0.3) is 0 Å². The standard InChI is InChI=1S/C11H14ClNO/c1-13-6-7-14-11(8-13)9-2-4-10(12)5-3-9/h2-5,11H,6-8H2,1H3/t11-/m1/s1. The first-order chi connectivity index (χ1) is 6.75. The lowest BCUT2D eigenvalue weighted by Crippen LogP contribution is -2.35. The number of rotatable bonds is 1. The lowest BCUT2D eigenvalue weighted by Gasteiger charge is -2.30. The first-order valence-corrected chi connectivity index (χ1v) is 5.19. The van der Waals surface area contributed by atoms with Crippen molar-refractivity contribution in [1.82, 2.24) is 4.90 Å². The molecule has 76 valence electrons. The third-order valence-corrected chi connectivity index (χ3v) is 2.76. The van der Waals surface area contributed by atoms with Crippen LogP contribution in [-0.4, -0.2) is 31.6 Å². The van der Waals surface area contributed by atoms with Gasteiger partial charge in [0.25, 0.3) is 0 Å². The number of likely N-dealkylation sites (N-methyl/N-ethyl adjacent to an activating group) is 1. The Balaban J connectivity index is 2.10. The van der Waals surface area contributed by atoms with Crippen molar-refractivity contribution in [3.05, 3.63) is 34.9 Å². The summed E-state index contributed by atoms with van der Waals surface area (Å²) in [7, 11) is 2.12. The second kappa shape index (κ2) is 4.30. The molecule has 0 aromatic heterocycles. The molecule has 0 saturated carbocycles. The highest BCUT2D eigenvalue weighted by molar-refractivity contribution is 6.30. The molecule has 0 N–H and O–H groups in total. The van der Waals surface area contributed by atoms with Crippen molar-refractivity contribution in [2.75, 3.05) is 26.7 Å². The maximum absolute atomic E-state index is 5.83. The minimum atomic E-state index is 0.200. The molecule has 1 aliphatic rings. The molecule has 0 spiro atoms. The Bertz CT molecular complexity index is 299. The first kappa shape index (κ1) is 9.97. The van der Waals surface area contributed by atoms with Crippen LogP contribution in [0.15, 0.2) is 24.3 Å². The molecule has 0 amide bonds.